The highest BCUT2D eigenvalue weighted by Crippen LogP contribution is 2.32. The highest BCUT2D eigenvalue weighted by atomic mass is 19.1. The number of rotatable bonds is 9. The number of hydrogen-bond donors (Lipinski definition) is 2. The zero-order valence-corrected chi connectivity index (χ0v) is 18.5. The molecule has 2 unspecified atom stereocenters. The Balaban J connectivity index is 2.05. The summed E-state index contributed by atoms with van der Waals surface area (Å²) in [5, 5.41) is 12.0. The first kappa shape index (κ1) is 24.0. The van der Waals surface area contributed by atoms with E-state index in [1.54, 1.807) is 68.4 Å². The van der Waals surface area contributed by atoms with Crippen LogP contribution in [0.15, 0.2) is 78.9 Å². The van der Waals surface area contributed by atoms with Gasteiger partial charge in [-0.1, -0.05) is 56.3 Å². The van der Waals surface area contributed by atoms with E-state index in [1.165, 1.54) is 24.3 Å². The Labute approximate surface area is 192 Å². The van der Waals surface area contributed by atoms with E-state index in [-0.39, 0.29) is 18.0 Å². The molecule has 0 aliphatic carbocycles. The highest BCUT2D eigenvalue weighted by molar-refractivity contribution is 6.14. The van der Waals surface area contributed by atoms with Crippen LogP contribution in [0.3, 0.4) is 0 Å². The number of anilines is 1. The lowest BCUT2D eigenvalue weighted by molar-refractivity contribution is -0.133. The van der Waals surface area contributed by atoms with Gasteiger partial charge in [0.2, 0.25) is 5.91 Å². The third-order valence-electron chi connectivity index (χ3n) is 5.47. The highest BCUT2D eigenvalue weighted by Gasteiger charge is 2.41. The number of aliphatic hydroxyl groups is 1. The molecule has 0 heterocycles. The molecule has 0 radical (unpaired) electrons. The van der Waals surface area contributed by atoms with Crippen LogP contribution in [0.2, 0.25) is 0 Å². The fraction of sp³-hybridized carbons (Fsp3) is 0.222. The number of hydrogen-bond acceptors (Lipinski definition) is 4. The third kappa shape index (κ3) is 5.79. The number of aliphatic hydroxyl groups excluding tert-OH is 1. The van der Waals surface area contributed by atoms with Gasteiger partial charge in [0.05, 0.1) is 12.5 Å². The number of amides is 1. The van der Waals surface area contributed by atoms with Crippen molar-refractivity contribution in [3.05, 3.63) is 101 Å². The number of carbonyl (C=O) groups excluding carboxylic acids is 3. The predicted octanol–water partition coefficient (Wildman–Crippen LogP) is 4.76. The normalized spacial score (nSPS) is 12.8. The number of Topliss-reactive ketones (excluding diaryl/α,β-unsaturated/α-hetero) is 2. The molecule has 170 valence electrons. The van der Waals surface area contributed by atoms with Gasteiger partial charge in [-0.25, -0.2) is 4.39 Å². The number of carbonyl (C=O) groups is 3. The summed E-state index contributed by atoms with van der Waals surface area (Å²) in [6.45, 7) is 3.23. The van der Waals surface area contributed by atoms with E-state index in [0.29, 0.717) is 16.8 Å². The molecule has 0 bridgehead atoms. The molecule has 33 heavy (non-hydrogen) atoms. The smallest absolute Gasteiger partial charge is 0.236 e. The van der Waals surface area contributed by atoms with E-state index in [0.717, 1.165) is 0 Å². The van der Waals surface area contributed by atoms with Crippen LogP contribution in [0, 0.1) is 17.7 Å². The zero-order valence-electron chi connectivity index (χ0n) is 18.5. The quantitative estimate of drug-likeness (QED) is 0.366. The van der Waals surface area contributed by atoms with Gasteiger partial charge in [-0.15, -0.1) is 0 Å². The van der Waals surface area contributed by atoms with Crippen molar-refractivity contribution in [3.63, 3.8) is 0 Å². The maximum absolute atomic E-state index is 13.6. The first-order valence-electron chi connectivity index (χ1n) is 10.7. The van der Waals surface area contributed by atoms with Gasteiger partial charge in [-0.2, -0.15) is 0 Å². The summed E-state index contributed by atoms with van der Waals surface area (Å²) in [5.41, 5.74) is 1.86. The number of benzene rings is 3. The lowest BCUT2D eigenvalue weighted by Crippen LogP contribution is -2.40. The van der Waals surface area contributed by atoms with Crippen molar-refractivity contribution in [2.24, 2.45) is 11.8 Å². The van der Waals surface area contributed by atoms with Gasteiger partial charge in [0.25, 0.3) is 0 Å². The molecule has 2 atom stereocenters. The van der Waals surface area contributed by atoms with Crippen LogP contribution in [-0.4, -0.2) is 22.6 Å². The molecule has 0 aliphatic heterocycles. The van der Waals surface area contributed by atoms with Gasteiger partial charge in [-0.05, 0) is 47.5 Å². The molecule has 0 saturated carbocycles. The van der Waals surface area contributed by atoms with Gasteiger partial charge in [0, 0.05) is 17.2 Å². The molecule has 5 nitrogen and oxygen atoms in total. The van der Waals surface area contributed by atoms with Crippen molar-refractivity contribution in [1.82, 2.24) is 0 Å². The summed E-state index contributed by atoms with van der Waals surface area (Å²) in [7, 11) is 0. The summed E-state index contributed by atoms with van der Waals surface area (Å²) in [4.78, 5) is 40.3. The number of ketones is 2. The molecule has 2 N–H and O–H groups in total. The van der Waals surface area contributed by atoms with Gasteiger partial charge in [-0.3, -0.25) is 14.4 Å². The summed E-state index contributed by atoms with van der Waals surface area (Å²) < 4.78 is 13.4. The van der Waals surface area contributed by atoms with Crippen molar-refractivity contribution >= 4 is 23.2 Å². The molecule has 0 aromatic heterocycles. The SMILES string of the molecule is CC(C)C(=O)C(C(=O)Nc1ccc(CO)cc1)C(C(=O)c1ccc(F)cc1)c1ccccc1. The van der Waals surface area contributed by atoms with Crippen molar-refractivity contribution < 1.29 is 23.9 Å². The van der Waals surface area contributed by atoms with Crippen LogP contribution in [0.25, 0.3) is 0 Å². The molecule has 3 rings (SSSR count). The van der Waals surface area contributed by atoms with E-state index >= 15 is 0 Å². The van der Waals surface area contributed by atoms with Crippen LogP contribution in [0.1, 0.15) is 41.3 Å². The van der Waals surface area contributed by atoms with Crippen LogP contribution in [0.5, 0.6) is 0 Å². The standard InChI is InChI=1S/C27H26FNO4/c1-17(2)25(31)24(27(33)29-22-14-8-18(16-30)9-15-22)23(19-6-4-3-5-7-19)26(32)20-10-12-21(28)13-11-20/h3-15,17,23-24,30H,16H2,1-2H3,(H,29,33). The van der Waals surface area contributed by atoms with Crippen molar-refractivity contribution in [3.8, 4) is 0 Å². The van der Waals surface area contributed by atoms with E-state index < -0.39 is 35.3 Å². The van der Waals surface area contributed by atoms with Gasteiger partial charge in [0.1, 0.15) is 17.5 Å². The Hall–Kier alpha value is -3.64. The average Bonchev–Trinajstić information content (AvgIpc) is 2.83. The Morgan fingerprint density at radius 1 is 0.879 bits per heavy atom. The summed E-state index contributed by atoms with van der Waals surface area (Å²) in [6, 6.07) is 20.3. The minimum atomic E-state index is -1.29. The Morgan fingerprint density at radius 2 is 1.48 bits per heavy atom. The molecule has 0 spiro atoms. The number of halogens is 1. The molecular formula is C27H26FNO4. The monoisotopic (exact) mass is 447 g/mol. The second-order valence-electron chi connectivity index (χ2n) is 8.14. The third-order valence-corrected chi connectivity index (χ3v) is 5.47. The van der Waals surface area contributed by atoms with E-state index in [4.69, 9.17) is 0 Å². The minimum absolute atomic E-state index is 0.134. The maximum atomic E-state index is 13.6. The predicted molar refractivity (Wildman–Crippen MR) is 124 cm³/mol. The Morgan fingerprint density at radius 3 is 2.03 bits per heavy atom. The minimum Gasteiger partial charge on any atom is -0.392 e. The van der Waals surface area contributed by atoms with Crippen LogP contribution in [0.4, 0.5) is 10.1 Å². The van der Waals surface area contributed by atoms with Gasteiger partial charge < -0.3 is 10.4 Å². The van der Waals surface area contributed by atoms with E-state index in [9.17, 15) is 23.9 Å². The Bertz CT molecular complexity index is 1110. The number of nitrogens with one attached hydrogen (secondary N) is 1. The fourth-order valence-corrected chi connectivity index (χ4v) is 3.67. The second kappa shape index (κ2) is 10.8. The van der Waals surface area contributed by atoms with E-state index in [2.05, 4.69) is 5.32 Å². The molecular weight excluding hydrogens is 421 g/mol. The van der Waals surface area contributed by atoms with Crippen molar-refractivity contribution in [2.45, 2.75) is 26.4 Å². The molecule has 0 fully saturated rings. The van der Waals surface area contributed by atoms with Crippen LogP contribution < -0.4 is 5.32 Å². The van der Waals surface area contributed by atoms with Crippen molar-refractivity contribution in [2.75, 3.05) is 5.32 Å². The summed E-state index contributed by atoms with van der Waals surface area (Å²) in [5.74, 6) is -4.76. The van der Waals surface area contributed by atoms with Gasteiger partial charge in [0.15, 0.2) is 5.78 Å². The Kier molecular flexibility index (Phi) is 7.85. The first-order chi connectivity index (χ1) is 15.8. The van der Waals surface area contributed by atoms with Crippen LogP contribution >= 0.6 is 0 Å². The molecule has 0 saturated heterocycles. The first-order valence-corrected chi connectivity index (χ1v) is 10.7. The largest absolute Gasteiger partial charge is 0.392 e. The molecule has 3 aromatic carbocycles. The lowest BCUT2D eigenvalue weighted by Gasteiger charge is -2.26. The van der Waals surface area contributed by atoms with E-state index in [1.807, 2.05) is 0 Å². The molecule has 1 amide bonds. The zero-order chi connectivity index (χ0) is 24.0. The molecule has 6 heteroatoms. The van der Waals surface area contributed by atoms with Crippen LogP contribution in [-0.2, 0) is 16.2 Å². The topological polar surface area (TPSA) is 83.5 Å². The molecule has 3 aromatic rings. The van der Waals surface area contributed by atoms with Crippen molar-refractivity contribution in [1.29, 1.82) is 0 Å². The molecule has 0 aliphatic rings. The lowest BCUT2D eigenvalue weighted by atomic mass is 9.75. The maximum Gasteiger partial charge on any atom is 0.236 e. The fourth-order valence-electron chi connectivity index (χ4n) is 3.67. The average molecular weight is 448 g/mol. The summed E-state index contributed by atoms with van der Waals surface area (Å²) in [6.07, 6.45) is 0. The summed E-state index contributed by atoms with van der Waals surface area (Å²) >= 11 is 0. The second-order valence-corrected chi connectivity index (χ2v) is 8.14. The van der Waals surface area contributed by atoms with Gasteiger partial charge >= 0.3 is 0 Å².